The molecule has 0 aliphatic carbocycles. The normalized spacial score (nSPS) is 14.2. The van der Waals surface area contributed by atoms with Gasteiger partial charge in [0.1, 0.15) is 6.54 Å². The molecule has 1 aromatic carbocycles. The summed E-state index contributed by atoms with van der Waals surface area (Å²) < 4.78 is 0. The molecule has 1 aromatic rings. The highest BCUT2D eigenvalue weighted by Crippen LogP contribution is 2.11. The molecule has 7 nitrogen and oxygen atoms in total. The molecule has 7 heteroatoms. The molecule has 1 aliphatic heterocycles. The summed E-state index contributed by atoms with van der Waals surface area (Å²) in [6, 6.07) is 9.05. The molecular formula is C17H19N3O4. The third kappa shape index (κ3) is 4.07. The molecule has 0 atom stereocenters. The number of benzene rings is 1. The van der Waals surface area contributed by atoms with Crippen LogP contribution in [-0.2, 0) is 20.8 Å². The van der Waals surface area contributed by atoms with Gasteiger partial charge in [-0.15, -0.1) is 6.58 Å². The number of carbonyl (C=O) groups is 4. The first-order valence-electron chi connectivity index (χ1n) is 7.63. The Kier molecular flexibility index (Phi) is 5.83. The standard InChI is InChI=1S/C17H19N3O4/c1-2-11-19-15(22)16(23)20(17(19)24)12-14(21)18-10-6-9-13-7-4-3-5-8-13/h2-5,7-8H,1,6,9-12H2,(H,18,21). The summed E-state index contributed by atoms with van der Waals surface area (Å²) in [4.78, 5) is 48.6. The molecule has 0 radical (unpaired) electrons. The smallest absolute Gasteiger partial charge is 0.335 e. The molecule has 0 unspecified atom stereocenters. The molecule has 1 heterocycles. The highest BCUT2D eigenvalue weighted by atomic mass is 16.2. The first-order valence-corrected chi connectivity index (χ1v) is 7.63. The van der Waals surface area contributed by atoms with E-state index < -0.39 is 30.3 Å². The van der Waals surface area contributed by atoms with Gasteiger partial charge < -0.3 is 5.32 Å². The Labute approximate surface area is 139 Å². The van der Waals surface area contributed by atoms with E-state index in [-0.39, 0.29) is 6.54 Å². The van der Waals surface area contributed by atoms with Crippen LogP contribution >= 0.6 is 0 Å². The lowest BCUT2D eigenvalue weighted by Crippen LogP contribution is -2.41. The molecule has 5 amide bonds. The van der Waals surface area contributed by atoms with E-state index in [1.165, 1.54) is 11.6 Å². The van der Waals surface area contributed by atoms with Crippen molar-refractivity contribution in [3.8, 4) is 0 Å². The summed E-state index contributed by atoms with van der Waals surface area (Å²) >= 11 is 0. The van der Waals surface area contributed by atoms with Gasteiger partial charge in [-0.1, -0.05) is 36.4 Å². The Morgan fingerprint density at radius 2 is 1.75 bits per heavy atom. The summed E-state index contributed by atoms with van der Waals surface area (Å²) in [5, 5.41) is 2.65. The van der Waals surface area contributed by atoms with Crippen molar-refractivity contribution in [2.24, 2.45) is 0 Å². The van der Waals surface area contributed by atoms with Gasteiger partial charge in [0.2, 0.25) is 5.91 Å². The fourth-order valence-electron chi connectivity index (χ4n) is 2.34. The summed E-state index contributed by atoms with van der Waals surface area (Å²) in [7, 11) is 0. The zero-order chi connectivity index (χ0) is 17.5. The maximum absolute atomic E-state index is 11.9. The van der Waals surface area contributed by atoms with E-state index >= 15 is 0 Å². The zero-order valence-electron chi connectivity index (χ0n) is 13.2. The van der Waals surface area contributed by atoms with E-state index in [4.69, 9.17) is 0 Å². The van der Waals surface area contributed by atoms with Gasteiger partial charge >= 0.3 is 17.8 Å². The van der Waals surface area contributed by atoms with Crippen LogP contribution in [0, 0.1) is 0 Å². The number of hydrogen-bond donors (Lipinski definition) is 1. The molecule has 1 saturated heterocycles. The molecule has 1 fully saturated rings. The monoisotopic (exact) mass is 329 g/mol. The Balaban J connectivity index is 1.77. The number of amides is 5. The van der Waals surface area contributed by atoms with E-state index in [9.17, 15) is 19.2 Å². The van der Waals surface area contributed by atoms with Crippen molar-refractivity contribution in [3.05, 3.63) is 48.6 Å². The van der Waals surface area contributed by atoms with Crippen molar-refractivity contribution in [3.63, 3.8) is 0 Å². The van der Waals surface area contributed by atoms with Crippen molar-refractivity contribution in [2.75, 3.05) is 19.6 Å². The lowest BCUT2D eigenvalue weighted by Gasteiger charge is -2.14. The minimum Gasteiger partial charge on any atom is -0.355 e. The molecule has 0 aromatic heterocycles. The average Bonchev–Trinajstić information content (AvgIpc) is 2.78. The Hall–Kier alpha value is -2.96. The molecule has 126 valence electrons. The van der Waals surface area contributed by atoms with E-state index in [0.717, 1.165) is 17.7 Å². The van der Waals surface area contributed by atoms with Crippen LogP contribution in [0.15, 0.2) is 43.0 Å². The predicted octanol–water partition coefficient (Wildman–Crippen LogP) is 0.712. The lowest BCUT2D eigenvalue weighted by molar-refractivity contribution is -0.143. The van der Waals surface area contributed by atoms with Gasteiger partial charge in [0, 0.05) is 13.1 Å². The van der Waals surface area contributed by atoms with Crippen LogP contribution in [0.2, 0.25) is 0 Å². The van der Waals surface area contributed by atoms with Crippen LogP contribution in [0.3, 0.4) is 0 Å². The number of aryl methyl sites for hydroxylation is 1. The topological polar surface area (TPSA) is 86.8 Å². The second-order valence-electron chi connectivity index (χ2n) is 5.32. The van der Waals surface area contributed by atoms with Crippen LogP contribution in [-0.4, -0.2) is 53.2 Å². The van der Waals surface area contributed by atoms with E-state index in [2.05, 4.69) is 11.9 Å². The van der Waals surface area contributed by atoms with Crippen molar-refractivity contribution >= 4 is 23.8 Å². The Morgan fingerprint density at radius 1 is 1.08 bits per heavy atom. The van der Waals surface area contributed by atoms with Crippen LogP contribution < -0.4 is 5.32 Å². The quantitative estimate of drug-likeness (QED) is 0.329. The van der Waals surface area contributed by atoms with E-state index in [1.807, 2.05) is 30.3 Å². The van der Waals surface area contributed by atoms with Crippen molar-refractivity contribution in [1.29, 1.82) is 0 Å². The second kappa shape index (κ2) is 8.05. The highest BCUT2D eigenvalue weighted by Gasteiger charge is 2.44. The fourth-order valence-corrected chi connectivity index (χ4v) is 2.34. The number of nitrogens with one attached hydrogen (secondary N) is 1. The fraction of sp³-hybridized carbons (Fsp3) is 0.294. The van der Waals surface area contributed by atoms with Crippen LogP contribution in [0.1, 0.15) is 12.0 Å². The van der Waals surface area contributed by atoms with Gasteiger partial charge in [-0.25, -0.2) is 9.69 Å². The number of rotatable bonds is 8. The van der Waals surface area contributed by atoms with Gasteiger partial charge in [-0.05, 0) is 18.4 Å². The van der Waals surface area contributed by atoms with Gasteiger partial charge in [0.25, 0.3) is 0 Å². The zero-order valence-corrected chi connectivity index (χ0v) is 13.2. The Morgan fingerprint density at radius 3 is 2.42 bits per heavy atom. The lowest BCUT2D eigenvalue weighted by atomic mass is 10.1. The number of urea groups is 1. The second-order valence-corrected chi connectivity index (χ2v) is 5.32. The number of hydrogen-bond acceptors (Lipinski definition) is 4. The van der Waals surface area contributed by atoms with Crippen LogP contribution in [0.4, 0.5) is 4.79 Å². The third-order valence-corrected chi connectivity index (χ3v) is 3.56. The minimum atomic E-state index is -0.985. The van der Waals surface area contributed by atoms with Crippen LogP contribution in [0.25, 0.3) is 0 Å². The molecule has 0 spiro atoms. The maximum Gasteiger partial charge on any atom is 0.335 e. The number of nitrogens with zero attached hydrogens (tertiary/aromatic N) is 2. The van der Waals surface area contributed by atoms with Gasteiger partial charge in [-0.2, -0.15) is 0 Å². The summed E-state index contributed by atoms with van der Waals surface area (Å²) in [5.74, 6) is -2.39. The van der Waals surface area contributed by atoms with Gasteiger partial charge in [0.05, 0.1) is 0 Å². The first kappa shape index (κ1) is 17.4. The molecule has 2 rings (SSSR count). The summed E-state index contributed by atoms with van der Waals surface area (Å²) in [6.07, 6.45) is 2.89. The minimum absolute atomic E-state index is 0.0569. The van der Waals surface area contributed by atoms with Gasteiger partial charge in [0.15, 0.2) is 0 Å². The predicted molar refractivity (Wildman–Crippen MR) is 86.8 cm³/mol. The molecule has 24 heavy (non-hydrogen) atoms. The van der Waals surface area contributed by atoms with Crippen molar-refractivity contribution in [2.45, 2.75) is 12.8 Å². The number of carbonyl (C=O) groups excluding carboxylic acids is 4. The van der Waals surface area contributed by atoms with E-state index in [0.29, 0.717) is 11.4 Å². The molecule has 0 saturated carbocycles. The molecular weight excluding hydrogens is 310 g/mol. The molecule has 0 bridgehead atoms. The molecule has 1 aliphatic rings. The van der Waals surface area contributed by atoms with Crippen molar-refractivity contribution in [1.82, 2.24) is 15.1 Å². The largest absolute Gasteiger partial charge is 0.355 e. The SMILES string of the molecule is C=CCN1C(=O)C(=O)N(CC(=O)NCCCc2ccccc2)C1=O. The van der Waals surface area contributed by atoms with Crippen LogP contribution in [0.5, 0.6) is 0 Å². The highest BCUT2D eigenvalue weighted by molar-refractivity contribution is 6.45. The summed E-state index contributed by atoms with van der Waals surface area (Å²) in [6.45, 7) is 3.34. The first-order chi connectivity index (χ1) is 11.5. The summed E-state index contributed by atoms with van der Waals surface area (Å²) in [5.41, 5.74) is 1.17. The number of imide groups is 2. The van der Waals surface area contributed by atoms with Gasteiger partial charge in [-0.3, -0.25) is 19.3 Å². The van der Waals surface area contributed by atoms with E-state index in [1.54, 1.807) is 0 Å². The average molecular weight is 329 g/mol. The van der Waals surface area contributed by atoms with Crippen molar-refractivity contribution < 1.29 is 19.2 Å². The molecule has 1 N–H and O–H groups in total. The Bertz CT molecular complexity index is 657. The maximum atomic E-state index is 11.9. The third-order valence-electron chi connectivity index (χ3n) is 3.56.